The molecule has 1 aromatic heterocycles. The molecule has 6 nitrogen and oxygen atoms in total. The van der Waals surface area contributed by atoms with Crippen molar-refractivity contribution in [3.63, 3.8) is 0 Å². The van der Waals surface area contributed by atoms with Crippen LogP contribution >= 0.6 is 0 Å². The van der Waals surface area contributed by atoms with Gasteiger partial charge in [0.15, 0.2) is 5.69 Å². The molecule has 6 heteroatoms. The Morgan fingerprint density at radius 2 is 2.05 bits per heavy atom. The Morgan fingerprint density at radius 1 is 1.42 bits per heavy atom. The largest absolute Gasteiger partial charge is 0.508 e. The summed E-state index contributed by atoms with van der Waals surface area (Å²) < 4.78 is 1.62. The van der Waals surface area contributed by atoms with Gasteiger partial charge >= 0.3 is 0 Å². The number of aryl methyl sites for hydroxylation is 1. The summed E-state index contributed by atoms with van der Waals surface area (Å²) in [4.78, 5) is 13.7. The fourth-order valence-corrected chi connectivity index (χ4v) is 1.72. The molecular formula is C13H16N4O2. The Kier molecular flexibility index (Phi) is 3.41. The van der Waals surface area contributed by atoms with Crippen LogP contribution in [0.15, 0.2) is 30.5 Å². The van der Waals surface area contributed by atoms with E-state index in [4.69, 9.17) is 5.73 Å². The van der Waals surface area contributed by atoms with E-state index in [0.29, 0.717) is 17.9 Å². The normalized spacial score (nSPS) is 10.4. The van der Waals surface area contributed by atoms with Crippen LogP contribution in [0.25, 0.3) is 0 Å². The minimum Gasteiger partial charge on any atom is -0.508 e. The highest BCUT2D eigenvalue weighted by Gasteiger charge is 2.19. The van der Waals surface area contributed by atoms with Crippen LogP contribution in [-0.4, -0.2) is 27.8 Å². The smallest absolute Gasteiger partial charge is 0.280 e. The number of phenolic OH excluding ortho intramolecular Hbond substituents is 1. The van der Waals surface area contributed by atoms with E-state index in [2.05, 4.69) is 5.10 Å². The molecule has 0 aliphatic carbocycles. The molecule has 0 radical (unpaired) electrons. The van der Waals surface area contributed by atoms with E-state index in [1.54, 1.807) is 30.1 Å². The van der Waals surface area contributed by atoms with Crippen LogP contribution in [0, 0.1) is 0 Å². The Hall–Kier alpha value is -2.50. The zero-order chi connectivity index (χ0) is 14.0. The molecule has 2 aromatic rings. The number of nitrogen functional groups attached to an aromatic ring is 1. The van der Waals surface area contributed by atoms with E-state index in [1.807, 2.05) is 6.92 Å². The second-order valence-corrected chi connectivity index (χ2v) is 4.17. The number of hydrogen-bond acceptors (Lipinski definition) is 4. The van der Waals surface area contributed by atoms with E-state index in [0.717, 1.165) is 0 Å². The number of hydrogen-bond donors (Lipinski definition) is 2. The number of carbonyl (C=O) groups is 1. The third-order valence-electron chi connectivity index (χ3n) is 2.86. The van der Waals surface area contributed by atoms with Crippen LogP contribution in [0.5, 0.6) is 5.75 Å². The van der Waals surface area contributed by atoms with Gasteiger partial charge in [0.2, 0.25) is 0 Å². The van der Waals surface area contributed by atoms with Crippen molar-refractivity contribution in [1.29, 1.82) is 0 Å². The van der Waals surface area contributed by atoms with Gasteiger partial charge in [-0.1, -0.05) is 0 Å². The number of rotatable bonds is 3. The summed E-state index contributed by atoms with van der Waals surface area (Å²) in [5.74, 6) is -0.130. The van der Waals surface area contributed by atoms with Gasteiger partial charge in [-0.2, -0.15) is 5.10 Å². The highest BCUT2D eigenvalue weighted by Crippen LogP contribution is 2.20. The predicted molar refractivity (Wildman–Crippen MR) is 73.2 cm³/mol. The zero-order valence-corrected chi connectivity index (χ0v) is 10.9. The monoisotopic (exact) mass is 260 g/mol. The number of aromatic nitrogens is 2. The van der Waals surface area contributed by atoms with Crippen LogP contribution in [-0.2, 0) is 6.54 Å². The van der Waals surface area contributed by atoms with Gasteiger partial charge in [-0.05, 0) is 31.2 Å². The van der Waals surface area contributed by atoms with Gasteiger partial charge in [-0.3, -0.25) is 9.48 Å². The van der Waals surface area contributed by atoms with E-state index in [1.165, 1.54) is 17.0 Å². The fourth-order valence-electron chi connectivity index (χ4n) is 1.72. The van der Waals surface area contributed by atoms with Crippen LogP contribution in [0.4, 0.5) is 11.4 Å². The van der Waals surface area contributed by atoms with Crippen LogP contribution in [0.3, 0.4) is 0 Å². The second-order valence-electron chi connectivity index (χ2n) is 4.17. The number of benzene rings is 1. The highest BCUT2D eigenvalue weighted by atomic mass is 16.3. The van der Waals surface area contributed by atoms with Crippen molar-refractivity contribution in [1.82, 2.24) is 9.78 Å². The van der Waals surface area contributed by atoms with Crippen molar-refractivity contribution < 1.29 is 9.90 Å². The first kappa shape index (κ1) is 12.9. The van der Waals surface area contributed by atoms with Gasteiger partial charge < -0.3 is 15.7 Å². The van der Waals surface area contributed by atoms with Gasteiger partial charge in [0.25, 0.3) is 5.91 Å². The Bertz CT molecular complexity index is 589. The number of nitrogens with zero attached hydrogens (tertiary/aromatic N) is 3. The van der Waals surface area contributed by atoms with Crippen LogP contribution < -0.4 is 10.6 Å². The lowest BCUT2D eigenvalue weighted by Gasteiger charge is -2.16. The molecule has 19 heavy (non-hydrogen) atoms. The van der Waals surface area contributed by atoms with Crippen molar-refractivity contribution in [2.24, 2.45) is 0 Å². The standard InChI is InChI=1S/C13H16N4O2/c1-3-17-8-11(14)12(15-17)13(19)16(2)9-4-6-10(18)7-5-9/h4-8,18H,3,14H2,1-2H3. The number of amides is 1. The molecule has 0 aliphatic heterocycles. The average Bonchev–Trinajstić information content (AvgIpc) is 2.79. The summed E-state index contributed by atoms with van der Waals surface area (Å²) >= 11 is 0. The Balaban J connectivity index is 2.27. The molecule has 0 bridgehead atoms. The third-order valence-corrected chi connectivity index (χ3v) is 2.86. The average molecular weight is 260 g/mol. The second kappa shape index (κ2) is 5.01. The van der Waals surface area contributed by atoms with Crippen molar-refractivity contribution in [2.75, 3.05) is 17.7 Å². The molecule has 0 fully saturated rings. The molecule has 2 rings (SSSR count). The molecule has 100 valence electrons. The van der Waals surface area contributed by atoms with E-state index in [-0.39, 0.29) is 17.4 Å². The number of carbonyl (C=O) groups excluding carboxylic acids is 1. The summed E-state index contributed by atoms with van der Waals surface area (Å²) in [5.41, 5.74) is 7.04. The predicted octanol–water partition coefficient (Wildman–Crippen LogP) is 1.47. The molecule has 3 N–H and O–H groups in total. The first-order valence-electron chi connectivity index (χ1n) is 5.93. The summed E-state index contributed by atoms with van der Waals surface area (Å²) in [6.45, 7) is 2.57. The summed E-state index contributed by atoms with van der Waals surface area (Å²) in [7, 11) is 1.64. The number of anilines is 2. The number of phenols is 1. The first-order valence-corrected chi connectivity index (χ1v) is 5.93. The maximum absolute atomic E-state index is 12.3. The lowest BCUT2D eigenvalue weighted by molar-refractivity contribution is 0.0988. The lowest BCUT2D eigenvalue weighted by Crippen LogP contribution is -2.27. The lowest BCUT2D eigenvalue weighted by atomic mass is 10.2. The van der Waals surface area contributed by atoms with Crippen molar-refractivity contribution in [3.05, 3.63) is 36.2 Å². The molecule has 0 saturated heterocycles. The molecule has 0 spiro atoms. The minimum atomic E-state index is -0.282. The zero-order valence-electron chi connectivity index (χ0n) is 10.9. The van der Waals surface area contributed by atoms with Crippen LogP contribution in [0.2, 0.25) is 0 Å². The van der Waals surface area contributed by atoms with Crippen molar-refractivity contribution in [2.45, 2.75) is 13.5 Å². The molecule has 0 saturated carbocycles. The molecular weight excluding hydrogens is 244 g/mol. The van der Waals surface area contributed by atoms with Gasteiger partial charge in [0.05, 0.1) is 5.69 Å². The highest BCUT2D eigenvalue weighted by molar-refractivity contribution is 6.07. The molecule has 1 heterocycles. The number of nitrogens with two attached hydrogens (primary N) is 1. The van der Waals surface area contributed by atoms with Crippen LogP contribution in [0.1, 0.15) is 17.4 Å². The van der Waals surface area contributed by atoms with E-state index in [9.17, 15) is 9.90 Å². The molecule has 1 aromatic carbocycles. The first-order chi connectivity index (χ1) is 9.02. The summed E-state index contributed by atoms with van der Waals surface area (Å²) in [5, 5.41) is 13.4. The van der Waals surface area contributed by atoms with E-state index >= 15 is 0 Å². The maximum atomic E-state index is 12.3. The van der Waals surface area contributed by atoms with Crippen molar-refractivity contribution >= 4 is 17.3 Å². The van der Waals surface area contributed by atoms with Gasteiger partial charge in [0, 0.05) is 25.5 Å². The fraction of sp³-hybridized carbons (Fsp3) is 0.231. The minimum absolute atomic E-state index is 0.152. The number of aromatic hydroxyl groups is 1. The molecule has 0 atom stereocenters. The third kappa shape index (κ3) is 2.52. The summed E-state index contributed by atoms with van der Waals surface area (Å²) in [6.07, 6.45) is 1.64. The maximum Gasteiger partial charge on any atom is 0.280 e. The summed E-state index contributed by atoms with van der Waals surface area (Å²) in [6, 6.07) is 6.35. The van der Waals surface area contributed by atoms with Crippen molar-refractivity contribution in [3.8, 4) is 5.75 Å². The van der Waals surface area contributed by atoms with Gasteiger partial charge in [-0.15, -0.1) is 0 Å². The van der Waals surface area contributed by atoms with Gasteiger partial charge in [-0.25, -0.2) is 0 Å². The molecule has 0 aliphatic rings. The topological polar surface area (TPSA) is 84.4 Å². The van der Waals surface area contributed by atoms with Gasteiger partial charge in [0.1, 0.15) is 5.75 Å². The molecule has 0 unspecified atom stereocenters. The van der Waals surface area contributed by atoms with E-state index < -0.39 is 0 Å². The quantitative estimate of drug-likeness (QED) is 0.875. The Labute approximate surface area is 111 Å². The Morgan fingerprint density at radius 3 is 2.58 bits per heavy atom. The molecule has 1 amide bonds. The SMILES string of the molecule is CCn1cc(N)c(C(=O)N(C)c2ccc(O)cc2)n1.